The van der Waals surface area contributed by atoms with E-state index < -0.39 is 5.60 Å². The van der Waals surface area contributed by atoms with Crippen LogP contribution in [0.2, 0.25) is 0 Å². The van der Waals surface area contributed by atoms with E-state index in [0.717, 1.165) is 19.5 Å². The van der Waals surface area contributed by atoms with Crippen LogP contribution in [-0.4, -0.2) is 57.6 Å². The Morgan fingerprint density at radius 1 is 1.29 bits per heavy atom. The van der Waals surface area contributed by atoms with Crippen molar-refractivity contribution in [3.63, 3.8) is 0 Å². The van der Waals surface area contributed by atoms with Crippen molar-refractivity contribution in [2.75, 3.05) is 26.2 Å². The normalized spacial score (nSPS) is 24.1. The molecule has 2 aromatic rings. The second kappa shape index (κ2) is 6.27. The second-order valence-corrected chi connectivity index (χ2v) is 7.68. The summed E-state index contributed by atoms with van der Waals surface area (Å²) in [5.74, 6) is -0.0163. The maximum absolute atomic E-state index is 12.4. The molecule has 0 saturated carbocycles. The van der Waals surface area contributed by atoms with Crippen molar-refractivity contribution in [2.24, 2.45) is 0 Å². The quantitative estimate of drug-likeness (QED) is 0.923. The number of fused-ring (bicyclic) bond motifs is 1. The standard InChI is InChI=1S/C18H21N3O2S/c22-17(16-9-19-13-24-16)21-8-6-18(23,12-21)11-20-7-5-14-3-1-2-4-15(14)10-20/h1-4,9,13,23H,5-8,10-12H2/t18-/m0/s1. The predicted molar refractivity (Wildman–Crippen MR) is 93.0 cm³/mol. The van der Waals surface area contributed by atoms with Crippen molar-refractivity contribution in [1.29, 1.82) is 0 Å². The van der Waals surface area contributed by atoms with Crippen molar-refractivity contribution >= 4 is 17.2 Å². The van der Waals surface area contributed by atoms with Crippen LogP contribution in [0.4, 0.5) is 0 Å². The smallest absolute Gasteiger partial charge is 0.265 e. The summed E-state index contributed by atoms with van der Waals surface area (Å²) in [6.07, 6.45) is 3.26. The van der Waals surface area contributed by atoms with Gasteiger partial charge in [0.25, 0.3) is 5.91 Å². The van der Waals surface area contributed by atoms with Crippen LogP contribution in [0.1, 0.15) is 27.2 Å². The number of likely N-dealkylation sites (tertiary alicyclic amines) is 1. The Kier molecular flexibility index (Phi) is 4.12. The number of hydrogen-bond acceptors (Lipinski definition) is 5. The summed E-state index contributed by atoms with van der Waals surface area (Å²) >= 11 is 1.35. The van der Waals surface area contributed by atoms with Gasteiger partial charge in [-0.2, -0.15) is 0 Å². The number of thiazole rings is 1. The third-order valence-corrected chi connectivity index (χ3v) is 5.75. The lowest BCUT2D eigenvalue weighted by Crippen LogP contribution is -2.47. The first-order chi connectivity index (χ1) is 11.6. The van der Waals surface area contributed by atoms with Gasteiger partial charge in [-0.1, -0.05) is 24.3 Å². The Labute approximate surface area is 145 Å². The number of aromatic nitrogens is 1. The van der Waals surface area contributed by atoms with E-state index in [-0.39, 0.29) is 5.91 Å². The van der Waals surface area contributed by atoms with Crippen LogP contribution >= 0.6 is 11.3 Å². The molecule has 2 aliphatic heterocycles. The molecule has 0 spiro atoms. The highest BCUT2D eigenvalue weighted by atomic mass is 32.1. The minimum Gasteiger partial charge on any atom is -0.387 e. The van der Waals surface area contributed by atoms with E-state index >= 15 is 0 Å². The number of aliphatic hydroxyl groups is 1. The Hall–Kier alpha value is -1.76. The maximum Gasteiger partial charge on any atom is 0.265 e. The summed E-state index contributed by atoms with van der Waals surface area (Å²) in [6.45, 7) is 3.47. The lowest BCUT2D eigenvalue weighted by atomic mass is 9.97. The zero-order valence-corrected chi connectivity index (χ0v) is 14.3. The van der Waals surface area contributed by atoms with Crippen LogP contribution in [-0.2, 0) is 13.0 Å². The molecule has 126 valence electrons. The number of benzene rings is 1. The van der Waals surface area contributed by atoms with Gasteiger partial charge in [-0.25, -0.2) is 0 Å². The first-order valence-electron chi connectivity index (χ1n) is 8.32. The molecule has 6 heteroatoms. The predicted octanol–water partition coefficient (Wildman–Crippen LogP) is 1.78. The first kappa shape index (κ1) is 15.7. The van der Waals surface area contributed by atoms with Crippen LogP contribution in [0.5, 0.6) is 0 Å². The minimum absolute atomic E-state index is 0.0163. The fourth-order valence-electron chi connectivity index (χ4n) is 3.74. The van der Waals surface area contributed by atoms with E-state index in [1.54, 1.807) is 16.6 Å². The molecule has 1 aromatic heterocycles. The molecule has 1 amide bonds. The second-order valence-electron chi connectivity index (χ2n) is 6.80. The number of β-amino-alcohol motifs (C(OH)–C–C–N with tert-alkyl or cyclic N) is 1. The van der Waals surface area contributed by atoms with Crippen molar-refractivity contribution in [1.82, 2.24) is 14.8 Å². The highest BCUT2D eigenvalue weighted by Gasteiger charge is 2.40. The molecular weight excluding hydrogens is 322 g/mol. The van der Waals surface area contributed by atoms with Gasteiger partial charge in [0.2, 0.25) is 0 Å². The molecule has 1 N–H and O–H groups in total. The first-order valence-corrected chi connectivity index (χ1v) is 9.20. The molecule has 3 heterocycles. The van der Waals surface area contributed by atoms with Crippen LogP contribution in [0, 0.1) is 0 Å². The van der Waals surface area contributed by atoms with Crippen LogP contribution in [0.3, 0.4) is 0 Å². The van der Waals surface area contributed by atoms with Crippen molar-refractivity contribution in [3.05, 3.63) is 52.0 Å². The average molecular weight is 343 g/mol. The SMILES string of the molecule is O=C(c1cncs1)N1CC[C@](O)(CN2CCc3ccccc3C2)C1. The van der Waals surface area contributed by atoms with Crippen LogP contribution < -0.4 is 0 Å². The molecule has 0 aliphatic carbocycles. The Bertz CT molecular complexity index is 734. The zero-order valence-electron chi connectivity index (χ0n) is 13.5. The lowest BCUT2D eigenvalue weighted by molar-refractivity contribution is 0.00810. The molecular formula is C18H21N3O2S. The lowest BCUT2D eigenvalue weighted by Gasteiger charge is -2.34. The summed E-state index contributed by atoms with van der Waals surface area (Å²) in [7, 11) is 0. The average Bonchev–Trinajstić information content (AvgIpc) is 3.24. The highest BCUT2D eigenvalue weighted by Crippen LogP contribution is 2.27. The van der Waals surface area contributed by atoms with Crippen molar-refractivity contribution < 1.29 is 9.90 Å². The summed E-state index contributed by atoms with van der Waals surface area (Å²) in [4.78, 5) is 21.1. The molecule has 24 heavy (non-hydrogen) atoms. The van der Waals surface area contributed by atoms with Crippen LogP contribution in [0.15, 0.2) is 36.0 Å². The molecule has 4 rings (SSSR count). The third-order valence-electron chi connectivity index (χ3n) is 4.99. The van der Waals surface area contributed by atoms with Gasteiger partial charge < -0.3 is 10.0 Å². The van der Waals surface area contributed by atoms with Crippen molar-refractivity contribution in [3.8, 4) is 0 Å². The zero-order chi connectivity index (χ0) is 16.6. The summed E-state index contributed by atoms with van der Waals surface area (Å²) in [6, 6.07) is 8.51. The molecule has 0 radical (unpaired) electrons. The van der Waals surface area contributed by atoms with E-state index in [4.69, 9.17) is 0 Å². The Morgan fingerprint density at radius 3 is 2.92 bits per heavy atom. The topological polar surface area (TPSA) is 56.7 Å². The highest BCUT2D eigenvalue weighted by molar-refractivity contribution is 7.11. The number of carbonyl (C=O) groups excluding carboxylic acids is 1. The van der Waals surface area contributed by atoms with Gasteiger partial charge in [0, 0.05) is 26.2 Å². The molecule has 0 bridgehead atoms. The third kappa shape index (κ3) is 3.09. The molecule has 2 aliphatic rings. The summed E-state index contributed by atoms with van der Waals surface area (Å²) in [5.41, 5.74) is 3.62. The number of carbonyl (C=O) groups is 1. The van der Waals surface area contributed by atoms with Gasteiger partial charge in [-0.3, -0.25) is 14.7 Å². The minimum atomic E-state index is -0.813. The van der Waals surface area contributed by atoms with Gasteiger partial charge in [-0.05, 0) is 24.0 Å². The van der Waals surface area contributed by atoms with Gasteiger partial charge in [-0.15, -0.1) is 11.3 Å². The van der Waals surface area contributed by atoms with Crippen LogP contribution in [0.25, 0.3) is 0 Å². The van der Waals surface area contributed by atoms with Gasteiger partial charge in [0.15, 0.2) is 0 Å². The number of hydrogen-bond donors (Lipinski definition) is 1. The molecule has 1 saturated heterocycles. The molecule has 5 nitrogen and oxygen atoms in total. The molecule has 0 unspecified atom stereocenters. The molecule has 1 atom stereocenters. The van der Waals surface area contributed by atoms with E-state index in [1.165, 1.54) is 22.5 Å². The maximum atomic E-state index is 12.4. The van der Waals surface area contributed by atoms with Gasteiger partial charge in [0.1, 0.15) is 4.88 Å². The van der Waals surface area contributed by atoms with Gasteiger partial charge >= 0.3 is 0 Å². The summed E-state index contributed by atoms with van der Waals surface area (Å²) < 4.78 is 0. The fourth-order valence-corrected chi connectivity index (χ4v) is 4.33. The summed E-state index contributed by atoms with van der Waals surface area (Å²) in [5, 5.41) is 11.0. The monoisotopic (exact) mass is 343 g/mol. The van der Waals surface area contributed by atoms with E-state index in [0.29, 0.717) is 30.9 Å². The van der Waals surface area contributed by atoms with E-state index in [2.05, 4.69) is 34.1 Å². The Balaban J connectivity index is 1.40. The number of amides is 1. The number of rotatable bonds is 3. The van der Waals surface area contributed by atoms with Crippen molar-refractivity contribution in [2.45, 2.75) is 25.0 Å². The Morgan fingerprint density at radius 2 is 2.12 bits per heavy atom. The molecule has 1 aromatic carbocycles. The van der Waals surface area contributed by atoms with E-state index in [9.17, 15) is 9.90 Å². The van der Waals surface area contributed by atoms with E-state index in [1.807, 2.05) is 0 Å². The number of nitrogens with zero attached hydrogens (tertiary/aromatic N) is 3. The molecule has 1 fully saturated rings. The largest absolute Gasteiger partial charge is 0.387 e. The van der Waals surface area contributed by atoms with Gasteiger partial charge in [0.05, 0.1) is 23.9 Å². The fraction of sp³-hybridized carbons (Fsp3) is 0.444.